The van der Waals surface area contributed by atoms with E-state index in [0.717, 1.165) is 4.24 Å². The average Bonchev–Trinajstić information content (AvgIpc) is 2.64. The quantitative estimate of drug-likeness (QED) is 0.364. The van der Waals surface area contributed by atoms with Gasteiger partial charge in [-0.15, -0.1) is 0 Å². The van der Waals surface area contributed by atoms with Gasteiger partial charge in [0.2, 0.25) is 5.91 Å². The molecule has 0 aliphatic carbocycles. The fraction of sp³-hybridized carbons (Fsp3) is 0.692. The van der Waals surface area contributed by atoms with Crippen molar-refractivity contribution >= 4 is 35.6 Å². The van der Waals surface area contributed by atoms with Crippen LogP contribution < -0.4 is 0 Å². The van der Waals surface area contributed by atoms with E-state index in [4.69, 9.17) is 4.74 Å². The molecular formula is C13H19NO4S2. The van der Waals surface area contributed by atoms with Gasteiger partial charge >= 0.3 is 5.97 Å². The minimum atomic E-state index is -0.668. The molecule has 2 aliphatic heterocycles. The zero-order valence-corrected chi connectivity index (χ0v) is 13.8. The van der Waals surface area contributed by atoms with Crippen LogP contribution in [0.3, 0.4) is 0 Å². The van der Waals surface area contributed by atoms with E-state index in [1.807, 2.05) is 20.8 Å². The number of carbonyl (C=O) groups excluding carboxylic acids is 2. The Hall–Kier alpha value is -0.660. The van der Waals surface area contributed by atoms with Crippen LogP contribution in [0.4, 0.5) is 0 Å². The van der Waals surface area contributed by atoms with Gasteiger partial charge in [0.15, 0.2) is 0 Å². The number of aliphatic hydroxyl groups excluding tert-OH is 1. The monoisotopic (exact) mass is 317 g/mol. The smallest absolute Gasteiger partial charge is 0.335 e. The molecule has 3 atom stereocenters. The van der Waals surface area contributed by atoms with Crippen LogP contribution in [0.25, 0.3) is 0 Å². The van der Waals surface area contributed by atoms with Gasteiger partial charge < -0.3 is 9.84 Å². The Morgan fingerprint density at radius 1 is 1.45 bits per heavy atom. The zero-order chi connectivity index (χ0) is 15.2. The summed E-state index contributed by atoms with van der Waals surface area (Å²) in [6.45, 7) is 8.78. The normalized spacial score (nSPS) is 29.7. The lowest BCUT2D eigenvalue weighted by Gasteiger charge is -2.41. The van der Waals surface area contributed by atoms with Crippen LogP contribution in [-0.2, 0) is 14.3 Å². The minimum Gasteiger partial charge on any atom is -0.457 e. The highest BCUT2D eigenvalue weighted by Gasteiger charge is 2.55. The molecule has 5 nitrogen and oxygen atoms in total. The summed E-state index contributed by atoms with van der Waals surface area (Å²) in [5, 5.41) is 9.52. The molecule has 0 bridgehead atoms. The van der Waals surface area contributed by atoms with Gasteiger partial charge in [0.05, 0.1) is 21.8 Å². The number of amides is 1. The van der Waals surface area contributed by atoms with Crippen molar-refractivity contribution in [2.75, 3.05) is 0 Å². The topological polar surface area (TPSA) is 66.8 Å². The van der Waals surface area contributed by atoms with Crippen molar-refractivity contribution in [2.45, 2.75) is 51.7 Å². The molecule has 2 rings (SSSR count). The molecule has 0 aromatic heterocycles. The van der Waals surface area contributed by atoms with Crippen LogP contribution in [0.5, 0.6) is 0 Å². The van der Waals surface area contributed by atoms with Gasteiger partial charge in [-0.2, -0.15) is 0 Å². The van der Waals surface area contributed by atoms with Gasteiger partial charge in [-0.25, -0.2) is 4.79 Å². The van der Waals surface area contributed by atoms with Crippen molar-refractivity contribution in [3.8, 4) is 0 Å². The summed E-state index contributed by atoms with van der Waals surface area (Å²) in [5.74, 6) is -0.818. The second kappa shape index (κ2) is 5.27. The summed E-state index contributed by atoms with van der Waals surface area (Å²) in [7, 11) is 0. The number of esters is 1. The van der Waals surface area contributed by atoms with Crippen molar-refractivity contribution in [3.05, 3.63) is 9.81 Å². The highest BCUT2D eigenvalue weighted by Crippen LogP contribution is 2.56. The predicted octanol–water partition coefficient (Wildman–Crippen LogP) is 2.12. The lowest BCUT2D eigenvalue weighted by Crippen LogP contribution is -2.57. The molecule has 7 heteroatoms. The van der Waals surface area contributed by atoms with E-state index in [1.54, 1.807) is 18.2 Å². The Morgan fingerprint density at radius 3 is 2.55 bits per heavy atom. The van der Waals surface area contributed by atoms with E-state index in [9.17, 15) is 14.7 Å². The van der Waals surface area contributed by atoms with Gasteiger partial charge in [0, 0.05) is 0 Å². The maximum Gasteiger partial charge on any atom is 0.335 e. The van der Waals surface area contributed by atoms with Crippen LogP contribution in [-0.4, -0.2) is 38.4 Å². The second-order valence-corrected chi connectivity index (χ2v) is 8.31. The number of aliphatic hydroxyl groups is 1. The molecule has 2 saturated heterocycles. The van der Waals surface area contributed by atoms with Crippen molar-refractivity contribution in [2.24, 2.45) is 5.92 Å². The second-order valence-electron chi connectivity index (χ2n) is 5.94. The third kappa shape index (κ3) is 2.84. The first kappa shape index (κ1) is 15.7. The minimum absolute atomic E-state index is 0.0745. The molecule has 0 saturated carbocycles. The van der Waals surface area contributed by atoms with Gasteiger partial charge in [-0.1, -0.05) is 11.8 Å². The highest BCUT2D eigenvalue weighted by atomic mass is 32.2. The number of thioether (sulfide) groups is 1. The lowest BCUT2D eigenvalue weighted by atomic mass is 9.96. The van der Waals surface area contributed by atoms with E-state index in [0.29, 0.717) is 5.57 Å². The lowest BCUT2D eigenvalue weighted by molar-refractivity contribution is -0.150. The molecule has 0 radical (unpaired) electrons. The molecule has 1 amide bonds. The standard InChI is InChI=1S/C13H19NO4S2/c1-6(11(17)18-13(3,4)5)12-19-10-8(7(2)15)9(16)14(10)20-12/h7-8,10,15H,1-5H3. The third-order valence-corrected chi connectivity index (χ3v) is 5.97. The molecule has 2 aliphatic rings. The Kier molecular flexibility index (Phi) is 4.15. The Morgan fingerprint density at radius 2 is 2.05 bits per heavy atom. The summed E-state index contributed by atoms with van der Waals surface area (Å²) in [6.07, 6.45) is -0.668. The number of hydrogen-bond acceptors (Lipinski definition) is 6. The number of carbonyl (C=O) groups is 2. The molecular weight excluding hydrogens is 298 g/mol. The molecule has 20 heavy (non-hydrogen) atoms. The molecule has 3 unspecified atom stereocenters. The zero-order valence-electron chi connectivity index (χ0n) is 12.2. The predicted molar refractivity (Wildman–Crippen MR) is 79.5 cm³/mol. The first-order valence-corrected chi connectivity index (χ1v) is 8.07. The number of rotatable bonds is 2. The molecule has 0 aromatic rings. The summed E-state index contributed by atoms with van der Waals surface area (Å²) < 4.78 is 7.72. The molecule has 2 heterocycles. The number of hydrogen-bond donors (Lipinski definition) is 1. The van der Waals surface area contributed by atoms with Crippen LogP contribution in [0.2, 0.25) is 0 Å². The number of ether oxygens (including phenoxy) is 1. The van der Waals surface area contributed by atoms with Crippen molar-refractivity contribution < 1.29 is 19.4 Å². The van der Waals surface area contributed by atoms with Crippen LogP contribution >= 0.6 is 23.7 Å². The SMILES string of the molecule is CC(C(=O)OC(C)(C)C)=C1SC2C(C(C)O)C(=O)N2S1. The number of nitrogens with zero attached hydrogens (tertiary/aromatic N) is 1. The highest BCUT2D eigenvalue weighted by molar-refractivity contribution is 8.24. The van der Waals surface area contributed by atoms with Crippen LogP contribution in [0.15, 0.2) is 9.81 Å². The number of fused-ring (bicyclic) bond motifs is 1. The van der Waals surface area contributed by atoms with E-state index in [1.165, 1.54) is 23.7 Å². The first-order chi connectivity index (χ1) is 9.11. The van der Waals surface area contributed by atoms with Crippen LogP contribution in [0.1, 0.15) is 34.6 Å². The molecule has 0 aromatic carbocycles. The fourth-order valence-electron chi connectivity index (χ4n) is 1.94. The van der Waals surface area contributed by atoms with Gasteiger partial charge in [0.1, 0.15) is 11.0 Å². The van der Waals surface area contributed by atoms with E-state index >= 15 is 0 Å². The van der Waals surface area contributed by atoms with Crippen molar-refractivity contribution in [3.63, 3.8) is 0 Å². The molecule has 0 spiro atoms. The summed E-state index contributed by atoms with van der Waals surface area (Å²) >= 11 is 2.72. The Balaban J connectivity index is 2.11. The summed E-state index contributed by atoms with van der Waals surface area (Å²) in [4.78, 5) is 23.9. The average molecular weight is 317 g/mol. The summed E-state index contributed by atoms with van der Waals surface area (Å²) in [6, 6.07) is 0. The maximum atomic E-state index is 12.0. The van der Waals surface area contributed by atoms with Crippen molar-refractivity contribution in [1.29, 1.82) is 0 Å². The number of β-lactam (4-membered cyclic amide) rings is 1. The molecule has 112 valence electrons. The van der Waals surface area contributed by atoms with Crippen LogP contribution in [0, 0.1) is 5.92 Å². The summed E-state index contributed by atoms with van der Waals surface area (Å²) in [5.41, 5.74) is -0.0224. The van der Waals surface area contributed by atoms with Gasteiger partial charge in [-0.3, -0.25) is 9.10 Å². The third-order valence-electron chi connectivity index (χ3n) is 2.98. The van der Waals surface area contributed by atoms with E-state index in [-0.39, 0.29) is 23.2 Å². The van der Waals surface area contributed by atoms with E-state index in [2.05, 4.69) is 0 Å². The first-order valence-electron chi connectivity index (χ1n) is 6.42. The van der Waals surface area contributed by atoms with Crippen molar-refractivity contribution in [1.82, 2.24) is 4.31 Å². The maximum absolute atomic E-state index is 12.0. The van der Waals surface area contributed by atoms with E-state index < -0.39 is 11.7 Å². The Labute approximate surface area is 127 Å². The molecule has 2 fully saturated rings. The largest absolute Gasteiger partial charge is 0.457 e. The van der Waals surface area contributed by atoms with Gasteiger partial charge in [-0.05, 0) is 46.6 Å². The molecule has 1 N–H and O–H groups in total. The fourth-order valence-corrected chi connectivity index (χ4v) is 4.92. The Bertz CT molecular complexity index is 481. The van der Waals surface area contributed by atoms with Gasteiger partial charge in [0.25, 0.3) is 0 Å².